The number of rotatable bonds is 4. The Hall–Kier alpha value is -2.19. The van der Waals surface area contributed by atoms with E-state index in [1.165, 1.54) is 34.2 Å². The predicted octanol–water partition coefficient (Wildman–Crippen LogP) is 3.88. The van der Waals surface area contributed by atoms with E-state index in [9.17, 15) is 4.79 Å². The maximum absolute atomic E-state index is 12.9. The number of aromatic nitrogens is 3. The summed E-state index contributed by atoms with van der Waals surface area (Å²) in [4.78, 5) is 20.0. The minimum atomic E-state index is -0.284. The Balaban J connectivity index is 1.43. The number of nitrogens with zero attached hydrogens (tertiary/aromatic N) is 4. The summed E-state index contributed by atoms with van der Waals surface area (Å²) in [6.45, 7) is 7.17. The van der Waals surface area contributed by atoms with Gasteiger partial charge in [-0.3, -0.25) is 4.79 Å². The van der Waals surface area contributed by atoms with Gasteiger partial charge in [0.25, 0.3) is 11.1 Å². The minimum absolute atomic E-state index is 0.0964. The van der Waals surface area contributed by atoms with Gasteiger partial charge in [-0.1, -0.05) is 36.0 Å². The maximum atomic E-state index is 12.9. The highest BCUT2D eigenvalue weighted by Crippen LogP contribution is 2.32. The molecule has 0 aliphatic carbocycles. The van der Waals surface area contributed by atoms with Gasteiger partial charge in [0.2, 0.25) is 5.91 Å². The van der Waals surface area contributed by atoms with Crippen molar-refractivity contribution in [3.63, 3.8) is 0 Å². The standard InChI is InChI=1S/C19H20N4O2S2/c1-11-16(27-13(3)20-11)17-21-22-19(25-17)26-12(2)18(24)23-9-8-14-6-4-5-7-15(14)10-23/h4-7,12H,8-10H2,1-3H3/t12-/m0/s1. The zero-order valence-electron chi connectivity index (χ0n) is 15.4. The SMILES string of the molecule is Cc1nc(C)c(-c2nnc(S[C@@H](C)C(=O)N3CCc4ccccc4C3)o2)s1. The van der Waals surface area contributed by atoms with Crippen LogP contribution in [0.4, 0.5) is 0 Å². The molecule has 4 rings (SSSR count). The molecule has 1 aliphatic rings. The predicted molar refractivity (Wildman–Crippen MR) is 106 cm³/mol. The maximum Gasteiger partial charge on any atom is 0.277 e. The third kappa shape index (κ3) is 3.77. The second-order valence-corrected chi connectivity index (χ2v) is 9.05. The summed E-state index contributed by atoms with van der Waals surface area (Å²) in [5.74, 6) is 0.561. The molecule has 3 aromatic rings. The van der Waals surface area contributed by atoms with E-state index in [1.54, 1.807) is 0 Å². The summed E-state index contributed by atoms with van der Waals surface area (Å²) in [6.07, 6.45) is 0.897. The van der Waals surface area contributed by atoms with Crippen LogP contribution in [0, 0.1) is 13.8 Å². The minimum Gasteiger partial charge on any atom is -0.410 e. The van der Waals surface area contributed by atoms with E-state index < -0.39 is 0 Å². The molecule has 6 nitrogen and oxygen atoms in total. The number of thioether (sulfide) groups is 1. The average Bonchev–Trinajstić information content (AvgIpc) is 3.26. The quantitative estimate of drug-likeness (QED) is 0.619. The summed E-state index contributed by atoms with van der Waals surface area (Å²) in [7, 11) is 0. The van der Waals surface area contributed by atoms with Crippen LogP contribution in [0.25, 0.3) is 10.8 Å². The molecular formula is C19H20N4O2S2. The Morgan fingerprint density at radius 1 is 1.26 bits per heavy atom. The zero-order valence-corrected chi connectivity index (χ0v) is 17.1. The van der Waals surface area contributed by atoms with Crippen LogP contribution in [-0.4, -0.2) is 37.8 Å². The largest absolute Gasteiger partial charge is 0.410 e. The molecule has 27 heavy (non-hydrogen) atoms. The van der Waals surface area contributed by atoms with Crippen LogP contribution in [0.3, 0.4) is 0 Å². The number of benzene rings is 1. The first-order valence-corrected chi connectivity index (χ1v) is 10.5. The van der Waals surface area contributed by atoms with Gasteiger partial charge in [-0.05, 0) is 38.3 Å². The monoisotopic (exact) mass is 400 g/mol. The van der Waals surface area contributed by atoms with Crippen LogP contribution in [0.2, 0.25) is 0 Å². The number of thiazole rings is 1. The van der Waals surface area contributed by atoms with Crippen LogP contribution in [0.15, 0.2) is 33.9 Å². The fourth-order valence-electron chi connectivity index (χ4n) is 3.22. The van der Waals surface area contributed by atoms with Crippen molar-refractivity contribution in [2.45, 2.75) is 44.2 Å². The highest BCUT2D eigenvalue weighted by Gasteiger charge is 2.27. The van der Waals surface area contributed by atoms with E-state index in [4.69, 9.17) is 4.42 Å². The average molecular weight is 401 g/mol. The van der Waals surface area contributed by atoms with E-state index in [-0.39, 0.29) is 11.2 Å². The lowest BCUT2D eigenvalue weighted by Crippen LogP contribution is -2.40. The van der Waals surface area contributed by atoms with Crippen LogP contribution < -0.4 is 0 Å². The van der Waals surface area contributed by atoms with Gasteiger partial charge in [0.15, 0.2) is 0 Å². The summed E-state index contributed by atoms with van der Waals surface area (Å²) in [5, 5.41) is 9.31. The number of hydrogen-bond donors (Lipinski definition) is 0. The lowest BCUT2D eigenvalue weighted by atomic mass is 10.00. The Kier molecular flexibility index (Phi) is 5.01. The van der Waals surface area contributed by atoms with Crippen molar-refractivity contribution in [2.24, 2.45) is 0 Å². The molecule has 0 saturated carbocycles. The molecule has 1 aliphatic heterocycles. The number of aryl methyl sites for hydroxylation is 2. The fourth-order valence-corrected chi connectivity index (χ4v) is 4.83. The molecular weight excluding hydrogens is 380 g/mol. The smallest absolute Gasteiger partial charge is 0.277 e. The Morgan fingerprint density at radius 2 is 2.04 bits per heavy atom. The van der Waals surface area contributed by atoms with Crippen LogP contribution >= 0.6 is 23.1 Å². The molecule has 0 fully saturated rings. The third-order valence-electron chi connectivity index (χ3n) is 4.57. The Morgan fingerprint density at radius 3 is 2.78 bits per heavy atom. The van der Waals surface area contributed by atoms with Gasteiger partial charge in [-0.25, -0.2) is 4.98 Å². The van der Waals surface area contributed by atoms with Crippen LogP contribution in [0.1, 0.15) is 28.8 Å². The molecule has 1 atom stereocenters. The molecule has 8 heteroatoms. The van der Waals surface area contributed by atoms with Crippen molar-refractivity contribution >= 4 is 29.0 Å². The summed E-state index contributed by atoms with van der Waals surface area (Å²) in [6, 6.07) is 8.30. The zero-order chi connectivity index (χ0) is 19.0. The van der Waals surface area contributed by atoms with Crippen molar-refractivity contribution in [3.8, 4) is 10.8 Å². The number of carbonyl (C=O) groups excluding carboxylic acids is 1. The van der Waals surface area contributed by atoms with Gasteiger partial charge in [-0.2, -0.15) is 0 Å². The molecule has 0 bridgehead atoms. The molecule has 140 valence electrons. The Bertz CT molecular complexity index is 982. The third-order valence-corrected chi connectivity index (χ3v) is 6.55. The van der Waals surface area contributed by atoms with Crippen molar-refractivity contribution in [1.82, 2.24) is 20.1 Å². The van der Waals surface area contributed by atoms with E-state index in [2.05, 4.69) is 27.3 Å². The van der Waals surface area contributed by atoms with E-state index in [0.717, 1.165) is 28.5 Å². The van der Waals surface area contributed by atoms with Gasteiger partial charge in [0.05, 0.1) is 16.0 Å². The van der Waals surface area contributed by atoms with Gasteiger partial charge >= 0.3 is 0 Å². The highest BCUT2D eigenvalue weighted by atomic mass is 32.2. The summed E-state index contributed by atoms with van der Waals surface area (Å²) >= 11 is 2.84. The summed E-state index contributed by atoms with van der Waals surface area (Å²) < 4.78 is 5.77. The molecule has 0 N–H and O–H groups in total. The lowest BCUT2D eigenvalue weighted by molar-refractivity contribution is -0.131. The topological polar surface area (TPSA) is 72.1 Å². The molecule has 1 amide bonds. The molecule has 0 radical (unpaired) electrons. The molecule has 0 unspecified atom stereocenters. The summed E-state index contributed by atoms with van der Waals surface area (Å²) in [5.41, 5.74) is 3.44. The first-order chi connectivity index (χ1) is 13.0. The number of fused-ring (bicyclic) bond motifs is 1. The van der Waals surface area contributed by atoms with Crippen LogP contribution in [-0.2, 0) is 17.8 Å². The lowest BCUT2D eigenvalue weighted by Gasteiger charge is -2.30. The number of hydrogen-bond acceptors (Lipinski definition) is 7. The molecule has 2 aromatic heterocycles. The van der Waals surface area contributed by atoms with Crippen molar-refractivity contribution in [3.05, 3.63) is 46.1 Å². The molecule has 3 heterocycles. The van der Waals surface area contributed by atoms with E-state index in [1.807, 2.05) is 37.8 Å². The van der Waals surface area contributed by atoms with Gasteiger partial charge in [0, 0.05) is 13.1 Å². The van der Waals surface area contributed by atoms with Crippen molar-refractivity contribution in [1.29, 1.82) is 0 Å². The van der Waals surface area contributed by atoms with Gasteiger partial charge in [0.1, 0.15) is 4.88 Å². The van der Waals surface area contributed by atoms with Crippen molar-refractivity contribution < 1.29 is 9.21 Å². The second-order valence-electron chi connectivity index (χ2n) is 6.56. The molecule has 0 saturated heterocycles. The molecule has 0 spiro atoms. The van der Waals surface area contributed by atoms with Gasteiger partial charge in [-0.15, -0.1) is 21.5 Å². The van der Waals surface area contributed by atoms with Gasteiger partial charge < -0.3 is 9.32 Å². The normalized spacial score (nSPS) is 14.9. The van der Waals surface area contributed by atoms with E-state index >= 15 is 0 Å². The van der Waals surface area contributed by atoms with Crippen molar-refractivity contribution in [2.75, 3.05) is 6.54 Å². The number of amides is 1. The first kappa shape index (κ1) is 18.2. The fraction of sp³-hybridized carbons (Fsp3) is 0.368. The molecule has 1 aromatic carbocycles. The first-order valence-electron chi connectivity index (χ1n) is 8.81. The van der Waals surface area contributed by atoms with Crippen LogP contribution in [0.5, 0.6) is 0 Å². The Labute approximate surface area is 166 Å². The highest BCUT2D eigenvalue weighted by molar-refractivity contribution is 8.00. The second kappa shape index (κ2) is 7.44. The number of carbonyl (C=O) groups is 1. The van der Waals surface area contributed by atoms with E-state index in [0.29, 0.717) is 17.7 Å².